The molecular weight excluding hydrogens is 258 g/mol. The summed E-state index contributed by atoms with van der Waals surface area (Å²) in [5, 5.41) is 6.19. The summed E-state index contributed by atoms with van der Waals surface area (Å²) >= 11 is 0. The van der Waals surface area contributed by atoms with Gasteiger partial charge in [-0.2, -0.15) is 0 Å². The number of amides is 2. The molecule has 2 amide bonds. The number of carbonyl (C=O) groups excluding carboxylic acids is 2. The van der Waals surface area contributed by atoms with Crippen molar-refractivity contribution in [2.24, 2.45) is 5.92 Å². The van der Waals surface area contributed by atoms with Gasteiger partial charge in [0.1, 0.15) is 6.61 Å². The van der Waals surface area contributed by atoms with Crippen LogP contribution in [0, 0.1) is 5.92 Å². The van der Waals surface area contributed by atoms with Crippen LogP contribution in [0.25, 0.3) is 0 Å². The maximum atomic E-state index is 12.2. The molecule has 3 heterocycles. The van der Waals surface area contributed by atoms with Gasteiger partial charge >= 0.3 is 0 Å². The summed E-state index contributed by atoms with van der Waals surface area (Å²) in [7, 11) is 0. The predicted octanol–water partition coefficient (Wildman–Crippen LogP) is -0.508. The van der Waals surface area contributed by atoms with E-state index in [0.29, 0.717) is 12.3 Å². The summed E-state index contributed by atoms with van der Waals surface area (Å²) in [5.41, 5.74) is -0.174. The molecule has 6 heteroatoms. The maximum absolute atomic E-state index is 12.2. The Morgan fingerprint density at radius 2 is 2.25 bits per heavy atom. The van der Waals surface area contributed by atoms with E-state index in [1.165, 1.54) is 0 Å². The minimum absolute atomic E-state index is 0.0773. The van der Waals surface area contributed by atoms with Gasteiger partial charge in [0.2, 0.25) is 11.8 Å². The second-order valence-corrected chi connectivity index (χ2v) is 6.44. The van der Waals surface area contributed by atoms with Crippen LogP contribution in [0.2, 0.25) is 0 Å². The van der Waals surface area contributed by atoms with Crippen molar-refractivity contribution in [3.63, 3.8) is 0 Å². The van der Waals surface area contributed by atoms with E-state index in [-0.39, 0.29) is 30.1 Å². The van der Waals surface area contributed by atoms with Crippen molar-refractivity contribution in [1.29, 1.82) is 0 Å². The Morgan fingerprint density at radius 3 is 2.95 bits per heavy atom. The monoisotopic (exact) mass is 281 g/mol. The molecule has 3 saturated heterocycles. The number of nitrogens with zero attached hydrogens (tertiary/aromatic N) is 1. The fourth-order valence-electron chi connectivity index (χ4n) is 3.24. The van der Waals surface area contributed by atoms with Crippen LogP contribution < -0.4 is 10.6 Å². The van der Waals surface area contributed by atoms with E-state index in [0.717, 1.165) is 39.0 Å². The molecule has 0 aromatic carbocycles. The Morgan fingerprint density at radius 1 is 1.45 bits per heavy atom. The molecule has 0 bridgehead atoms. The van der Waals surface area contributed by atoms with Crippen LogP contribution in [0.15, 0.2) is 0 Å². The number of ether oxygens (including phenoxy) is 1. The molecule has 3 rings (SSSR count). The smallest absolute Gasteiger partial charge is 0.248 e. The zero-order valence-corrected chi connectivity index (χ0v) is 12.0. The third-order valence-corrected chi connectivity index (χ3v) is 4.72. The molecule has 0 aromatic heterocycles. The Hall–Kier alpha value is -1.14. The number of hydrogen-bond donors (Lipinski definition) is 2. The number of rotatable bonds is 3. The average Bonchev–Trinajstić information content (AvgIpc) is 2.42. The number of fused-ring (bicyclic) bond motifs is 1. The van der Waals surface area contributed by atoms with Gasteiger partial charge in [0.05, 0.1) is 5.60 Å². The number of carbonyl (C=O) groups is 2. The molecule has 0 radical (unpaired) electrons. The van der Waals surface area contributed by atoms with Gasteiger partial charge in [-0.05, 0) is 25.7 Å². The van der Waals surface area contributed by atoms with E-state index < -0.39 is 0 Å². The van der Waals surface area contributed by atoms with E-state index in [9.17, 15) is 9.59 Å². The second-order valence-electron chi connectivity index (χ2n) is 6.44. The van der Waals surface area contributed by atoms with Gasteiger partial charge in [0.25, 0.3) is 0 Å². The molecule has 6 nitrogen and oxygen atoms in total. The SMILES string of the molecule is CC1(OCC(=O)N2CCC3NC(=O)CCC3C2)CNC1. The van der Waals surface area contributed by atoms with Gasteiger partial charge in [0.15, 0.2) is 0 Å². The summed E-state index contributed by atoms with van der Waals surface area (Å²) in [5.74, 6) is 0.639. The molecule has 0 aliphatic carbocycles. The van der Waals surface area contributed by atoms with Gasteiger partial charge in [-0.15, -0.1) is 0 Å². The molecular formula is C14H23N3O3. The molecule has 3 fully saturated rings. The highest BCUT2D eigenvalue weighted by Gasteiger charge is 2.37. The summed E-state index contributed by atoms with van der Waals surface area (Å²) < 4.78 is 5.71. The first-order chi connectivity index (χ1) is 9.56. The van der Waals surface area contributed by atoms with Crippen molar-refractivity contribution in [2.45, 2.75) is 37.8 Å². The minimum Gasteiger partial charge on any atom is -0.363 e. The Labute approximate surface area is 119 Å². The molecule has 112 valence electrons. The maximum Gasteiger partial charge on any atom is 0.248 e. The van der Waals surface area contributed by atoms with Crippen LogP contribution in [0.3, 0.4) is 0 Å². The molecule has 0 saturated carbocycles. The second kappa shape index (κ2) is 5.33. The van der Waals surface area contributed by atoms with E-state index >= 15 is 0 Å². The molecule has 2 N–H and O–H groups in total. The lowest BCUT2D eigenvalue weighted by molar-refractivity contribution is -0.148. The van der Waals surface area contributed by atoms with Crippen molar-refractivity contribution in [3.8, 4) is 0 Å². The summed E-state index contributed by atoms with van der Waals surface area (Å²) in [4.78, 5) is 25.5. The number of hydrogen-bond acceptors (Lipinski definition) is 4. The average molecular weight is 281 g/mol. The van der Waals surface area contributed by atoms with Gasteiger partial charge in [-0.1, -0.05) is 0 Å². The minimum atomic E-state index is -0.174. The van der Waals surface area contributed by atoms with Crippen LogP contribution in [-0.4, -0.2) is 61.1 Å². The van der Waals surface area contributed by atoms with Crippen molar-refractivity contribution >= 4 is 11.8 Å². The van der Waals surface area contributed by atoms with Crippen LogP contribution in [0.4, 0.5) is 0 Å². The largest absolute Gasteiger partial charge is 0.363 e. The number of nitrogens with one attached hydrogen (secondary N) is 2. The van der Waals surface area contributed by atoms with E-state index in [4.69, 9.17) is 4.74 Å². The number of likely N-dealkylation sites (tertiary alicyclic amines) is 1. The normalized spacial score (nSPS) is 32.0. The molecule has 20 heavy (non-hydrogen) atoms. The van der Waals surface area contributed by atoms with Crippen molar-refractivity contribution < 1.29 is 14.3 Å². The lowest BCUT2D eigenvalue weighted by Gasteiger charge is -2.42. The van der Waals surface area contributed by atoms with Gasteiger partial charge in [-0.25, -0.2) is 0 Å². The fourth-order valence-corrected chi connectivity index (χ4v) is 3.24. The summed E-state index contributed by atoms with van der Waals surface area (Å²) in [6, 6.07) is 0.259. The lowest BCUT2D eigenvalue weighted by atomic mass is 9.85. The third kappa shape index (κ3) is 2.81. The Balaban J connectivity index is 1.48. The summed E-state index contributed by atoms with van der Waals surface area (Å²) in [6.07, 6.45) is 2.34. The van der Waals surface area contributed by atoms with E-state index in [1.807, 2.05) is 11.8 Å². The zero-order valence-electron chi connectivity index (χ0n) is 12.0. The standard InChI is InChI=1S/C14H23N3O3/c1-14(8-15-9-14)20-7-13(19)17-5-4-11-10(6-17)2-3-12(18)16-11/h10-11,15H,2-9H2,1H3,(H,16,18). The van der Waals surface area contributed by atoms with E-state index in [1.54, 1.807) is 0 Å². The van der Waals surface area contributed by atoms with Gasteiger partial charge < -0.3 is 20.3 Å². The highest BCUT2D eigenvalue weighted by Crippen LogP contribution is 2.25. The highest BCUT2D eigenvalue weighted by molar-refractivity contribution is 5.79. The zero-order chi connectivity index (χ0) is 14.2. The van der Waals surface area contributed by atoms with Crippen LogP contribution in [0.1, 0.15) is 26.2 Å². The first kappa shape index (κ1) is 13.8. The molecule has 0 spiro atoms. The molecule has 0 aromatic rings. The van der Waals surface area contributed by atoms with Gasteiger partial charge in [0, 0.05) is 38.6 Å². The highest BCUT2D eigenvalue weighted by atomic mass is 16.5. The quantitative estimate of drug-likeness (QED) is 0.731. The molecule has 2 atom stereocenters. The van der Waals surface area contributed by atoms with Crippen molar-refractivity contribution in [3.05, 3.63) is 0 Å². The lowest BCUT2D eigenvalue weighted by Crippen LogP contribution is -2.60. The third-order valence-electron chi connectivity index (χ3n) is 4.72. The Bertz CT molecular complexity index is 408. The van der Waals surface area contributed by atoms with Crippen LogP contribution in [0.5, 0.6) is 0 Å². The number of piperidine rings is 2. The molecule has 3 aliphatic rings. The van der Waals surface area contributed by atoms with Gasteiger partial charge in [-0.3, -0.25) is 9.59 Å². The predicted molar refractivity (Wildman–Crippen MR) is 73.1 cm³/mol. The molecule has 3 aliphatic heterocycles. The van der Waals surface area contributed by atoms with Crippen LogP contribution >= 0.6 is 0 Å². The van der Waals surface area contributed by atoms with E-state index in [2.05, 4.69) is 10.6 Å². The van der Waals surface area contributed by atoms with Crippen molar-refractivity contribution in [1.82, 2.24) is 15.5 Å². The van der Waals surface area contributed by atoms with Crippen LogP contribution in [-0.2, 0) is 14.3 Å². The summed E-state index contributed by atoms with van der Waals surface area (Å²) in [6.45, 7) is 5.30. The first-order valence-electron chi connectivity index (χ1n) is 7.48. The van der Waals surface area contributed by atoms with Crippen molar-refractivity contribution in [2.75, 3.05) is 32.8 Å². The fraction of sp³-hybridized carbons (Fsp3) is 0.857. The first-order valence-corrected chi connectivity index (χ1v) is 7.48. The Kier molecular flexibility index (Phi) is 3.69. The molecule has 2 unspecified atom stereocenters. The topological polar surface area (TPSA) is 70.7 Å².